The van der Waals surface area contributed by atoms with Crippen molar-refractivity contribution < 1.29 is 13.2 Å². The molecule has 0 heterocycles. The molecule has 5 rings (SSSR count). The van der Waals surface area contributed by atoms with Crippen molar-refractivity contribution >= 4 is 38.1 Å². The third kappa shape index (κ3) is 3.71. The summed E-state index contributed by atoms with van der Waals surface area (Å²) in [5.74, 6) is 0.757. The summed E-state index contributed by atoms with van der Waals surface area (Å²) in [7, 11) is -2.16. The molecule has 1 aliphatic rings. The van der Waals surface area contributed by atoms with Gasteiger partial charge in [-0.05, 0) is 70.4 Å². The van der Waals surface area contributed by atoms with Crippen molar-refractivity contribution in [2.75, 3.05) is 12.4 Å². The molecule has 0 saturated heterocycles. The fourth-order valence-corrected chi connectivity index (χ4v) is 5.64. The summed E-state index contributed by atoms with van der Waals surface area (Å²) in [5, 5.41) is 6.17. The zero-order chi connectivity index (χ0) is 22.3. The van der Waals surface area contributed by atoms with Crippen LogP contribution in [0.15, 0.2) is 89.8 Å². The van der Waals surface area contributed by atoms with Crippen molar-refractivity contribution in [3.8, 4) is 5.75 Å². The highest BCUT2D eigenvalue weighted by molar-refractivity contribution is 7.89. The van der Waals surface area contributed by atoms with E-state index in [0.717, 1.165) is 33.3 Å². The Morgan fingerprint density at radius 3 is 2.06 bits per heavy atom. The molecule has 2 atom stereocenters. The molecule has 7 heteroatoms. The van der Waals surface area contributed by atoms with Gasteiger partial charge in [-0.3, -0.25) is 0 Å². The lowest BCUT2D eigenvalue weighted by molar-refractivity contribution is 0.415. The maximum Gasteiger partial charge on any atom is 0.241 e. The van der Waals surface area contributed by atoms with Crippen molar-refractivity contribution in [2.24, 2.45) is 0 Å². The second kappa shape index (κ2) is 8.13. The van der Waals surface area contributed by atoms with Gasteiger partial charge in [0.05, 0.1) is 24.1 Å². The number of methoxy groups -OCH3 is 1. The Balaban J connectivity index is 1.56. The van der Waals surface area contributed by atoms with Gasteiger partial charge in [-0.15, -0.1) is 0 Å². The fourth-order valence-electron chi connectivity index (χ4n) is 4.29. The van der Waals surface area contributed by atoms with Crippen molar-refractivity contribution in [1.82, 2.24) is 4.72 Å². The predicted molar refractivity (Wildman–Crippen MR) is 128 cm³/mol. The molecule has 162 valence electrons. The van der Waals surface area contributed by atoms with Gasteiger partial charge in [0.1, 0.15) is 5.75 Å². The molecular weight excluding hydrogens is 444 g/mol. The summed E-state index contributed by atoms with van der Waals surface area (Å²) in [6, 6.07) is 25.1. The van der Waals surface area contributed by atoms with Crippen molar-refractivity contribution in [1.29, 1.82) is 0 Å². The third-order valence-corrected chi connectivity index (χ3v) is 7.50. The predicted octanol–water partition coefficient (Wildman–Crippen LogP) is 5.69. The Hall–Kier alpha value is -3.06. The highest BCUT2D eigenvalue weighted by Crippen LogP contribution is 2.46. The monoisotopic (exact) mass is 464 g/mol. The first-order valence-corrected chi connectivity index (χ1v) is 12.0. The molecule has 0 aromatic heterocycles. The molecule has 2 N–H and O–H groups in total. The summed E-state index contributed by atoms with van der Waals surface area (Å²) in [5.41, 5.74) is 2.87. The average molecular weight is 465 g/mol. The first kappa shape index (κ1) is 20.8. The Morgan fingerprint density at radius 1 is 0.812 bits per heavy atom. The van der Waals surface area contributed by atoms with Crippen LogP contribution < -0.4 is 14.8 Å². The number of nitrogens with one attached hydrogen (secondary N) is 2. The first-order valence-electron chi connectivity index (χ1n) is 10.2. The van der Waals surface area contributed by atoms with E-state index in [9.17, 15) is 8.42 Å². The molecule has 0 aliphatic heterocycles. The van der Waals surface area contributed by atoms with Gasteiger partial charge >= 0.3 is 0 Å². The maximum absolute atomic E-state index is 13.3. The van der Waals surface area contributed by atoms with Crippen molar-refractivity contribution in [3.05, 3.63) is 101 Å². The standard InChI is InChI=1S/C25H21ClN2O3S/c1-31-19-12-10-18(11-13-19)27-24-21-6-2-4-16-5-3-7-22(23(16)21)25(24)28-32(29,30)20-14-8-17(26)9-15-20/h2-15,24-25,27-28H,1H3/t24-,25+/m1/s1. The van der Waals surface area contributed by atoms with Crippen LogP contribution in [0.25, 0.3) is 10.8 Å². The Bertz CT molecular complexity index is 1380. The van der Waals surface area contributed by atoms with E-state index >= 15 is 0 Å². The molecule has 1 aliphatic carbocycles. The summed E-state index contributed by atoms with van der Waals surface area (Å²) in [4.78, 5) is 0.174. The van der Waals surface area contributed by atoms with Gasteiger partial charge in [-0.1, -0.05) is 48.0 Å². The quantitative estimate of drug-likeness (QED) is 0.384. The molecule has 0 saturated carbocycles. The number of hydrogen-bond donors (Lipinski definition) is 2. The molecule has 0 amide bonds. The van der Waals surface area contributed by atoms with Crippen LogP contribution in [0.1, 0.15) is 23.2 Å². The maximum atomic E-state index is 13.3. The summed E-state index contributed by atoms with van der Waals surface area (Å²) in [6.45, 7) is 0. The lowest BCUT2D eigenvalue weighted by Gasteiger charge is -2.25. The third-order valence-electron chi connectivity index (χ3n) is 5.79. The molecule has 4 aromatic carbocycles. The molecule has 0 unspecified atom stereocenters. The van der Waals surface area contributed by atoms with E-state index in [-0.39, 0.29) is 10.9 Å². The molecule has 32 heavy (non-hydrogen) atoms. The van der Waals surface area contributed by atoms with E-state index in [1.54, 1.807) is 19.2 Å². The minimum absolute atomic E-state index is 0.174. The number of sulfonamides is 1. The average Bonchev–Trinajstić information content (AvgIpc) is 3.09. The minimum atomic E-state index is -3.78. The van der Waals surface area contributed by atoms with Crippen LogP contribution in [0.2, 0.25) is 5.02 Å². The van der Waals surface area contributed by atoms with Crippen LogP contribution in [-0.2, 0) is 10.0 Å². The van der Waals surface area contributed by atoms with Crippen LogP contribution in [0.5, 0.6) is 5.75 Å². The molecule has 4 aromatic rings. The van der Waals surface area contributed by atoms with E-state index in [0.29, 0.717) is 5.02 Å². The van der Waals surface area contributed by atoms with E-state index < -0.39 is 16.1 Å². The highest BCUT2D eigenvalue weighted by Gasteiger charge is 2.37. The molecule has 0 fully saturated rings. The second-order valence-electron chi connectivity index (χ2n) is 7.70. The normalized spacial score (nSPS) is 17.4. The van der Waals surface area contributed by atoms with Crippen LogP contribution in [0.4, 0.5) is 5.69 Å². The summed E-state index contributed by atoms with van der Waals surface area (Å²) < 4.78 is 34.7. The minimum Gasteiger partial charge on any atom is -0.497 e. The highest BCUT2D eigenvalue weighted by atomic mass is 35.5. The lowest BCUT2D eigenvalue weighted by atomic mass is 10.0. The largest absolute Gasteiger partial charge is 0.497 e. The number of anilines is 1. The zero-order valence-electron chi connectivity index (χ0n) is 17.2. The van der Waals surface area contributed by atoms with Crippen molar-refractivity contribution in [3.63, 3.8) is 0 Å². The number of hydrogen-bond acceptors (Lipinski definition) is 4. The Kier molecular flexibility index (Phi) is 5.29. The van der Waals surface area contributed by atoms with Crippen LogP contribution in [-0.4, -0.2) is 15.5 Å². The van der Waals surface area contributed by atoms with Gasteiger partial charge in [-0.25, -0.2) is 13.1 Å². The molecule has 0 bridgehead atoms. The summed E-state index contributed by atoms with van der Waals surface area (Å²) >= 11 is 5.95. The van der Waals surface area contributed by atoms with Crippen molar-refractivity contribution in [2.45, 2.75) is 17.0 Å². The fraction of sp³-hybridized carbons (Fsp3) is 0.120. The SMILES string of the molecule is COc1ccc(N[C@@H]2c3cccc4cccc(c34)[C@@H]2NS(=O)(=O)c2ccc(Cl)cc2)cc1. The van der Waals surface area contributed by atoms with E-state index in [4.69, 9.17) is 16.3 Å². The number of ether oxygens (including phenoxy) is 1. The van der Waals surface area contributed by atoms with Crippen LogP contribution in [0.3, 0.4) is 0 Å². The van der Waals surface area contributed by atoms with E-state index in [1.165, 1.54) is 12.1 Å². The van der Waals surface area contributed by atoms with Gasteiger partial charge in [0.2, 0.25) is 10.0 Å². The van der Waals surface area contributed by atoms with Gasteiger partial charge in [0, 0.05) is 10.7 Å². The second-order valence-corrected chi connectivity index (χ2v) is 9.85. The van der Waals surface area contributed by atoms with Crippen LogP contribution in [0, 0.1) is 0 Å². The molecule has 0 spiro atoms. The van der Waals surface area contributed by atoms with Gasteiger partial charge in [0.25, 0.3) is 0 Å². The number of rotatable bonds is 6. The lowest BCUT2D eigenvalue weighted by Crippen LogP contribution is -2.33. The van der Waals surface area contributed by atoms with E-state index in [1.807, 2.05) is 60.7 Å². The topological polar surface area (TPSA) is 67.4 Å². The van der Waals surface area contributed by atoms with Gasteiger partial charge in [-0.2, -0.15) is 0 Å². The number of benzene rings is 4. The van der Waals surface area contributed by atoms with Crippen LogP contribution >= 0.6 is 11.6 Å². The molecule has 0 radical (unpaired) electrons. The number of halogens is 1. The summed E-state index contributed by atoms with van der Waals surface area (Å²) in [6.07, 6.45) is 0. The van der Waals surface area contributed by atoms with E-state index in [2.05, 4.69) is 10.0 Å². The smallest absolute Gasteiger partial charge is 0.241 e. The zero-order valence-corrected chi connectivity index (χ0v) is 18.8. The van der Waals surface area contributed by atoms with Gasteiger partial charge < -0.3 is 10.1 Å². The molecule has 5 nitrogen and oxygen atoms in total. The van der Waals surface area contributed by atoms with Gasteiger partial charge in [0.15, 0.2) is 0 Å². The first-order chi connectivity index (χ1) is 15.5. The molecular formula is C25H21ClN2O3S. The Labute approximate surface area is 192 Å². The Morgan fingerprint density at radius 2 is 1.44 bits per heavy atom.